The highest BCUT2D eigenvalue weighted by Crippen LogP contribution is 2.37. The van der Waals surface area contributed by atoms with Crippen LogP contribution < -0.4 is 10.6 Å². The summed E-state index contributed by atoms with van der Waals surface area (Å²) in [6.45, 7) is 3.29. The van der Waals surface area contributed by atoms with E-state index in [0.29, 0.717) is 31.9 Å². The normalized spacial score (nSPS) is 21.8. The van der Waals surface area contributed by atoms with Crippen molar-refractivity contribution < 1.29 is 26.3 Å². The maximum absolute atomic E-state index is 12.7. The molecule has 0 aromatic carbocycles. The first-order chi connectivity index (χ1) is 11.6. The van der Waals surface area contributed by atoms with Gasteiger partial charge in [0.25, 0.3) is 0 Å². The van der Waals surface area contributed by atoms with E-state index in [-0.39, 0.29) is 61.8 Å². The van der Waals surface area contributed by atoms with Crippen molar-refractivity contribution in [1.29, 1.82) is 0 Å². The summed E-state index contributed by atoms with van der Waals surface area (Å²) >= 11 is 0. The van der Waals surface area contributed by atoms with E-state index in [1.165, 1.54) is 0 Å². The second-order valence-electron chi connectivity index (χ2n) is 6.24. The van der Waals surface area contributed by atoms with Gasteiger partial charge in [-0.15, -0.1) is 24.0 Å². The highest BCUT2D eigenvalue weighted by atomic mass is 127. The molecule has 0 spiro atoms. The lowest BCUT2D eigenvalue weighted by Crippen LogP contribution is -2.46. The molecular weight excluding hydrogens is 486 g/mol. The van der Waals surface area contributed by atoms with Gasteiger partial charge in [0.2, 0.25) is 0 Å². The molecule has 0 radical (unpaired) electrons. The Morgan fingerprint density at radius 3 is 2.31 bits per heavy atom. The van der Waals surface area contributed by atoms with Crippen LogP contribution in [-0.2, 0) is 14.6 Å². The molecule has 0 unspecified atom stereocenters. The number of nitrogens with one attached hydrogen (secondary N) is 2. The molecule has 1 saturated carbocycles. The van der Waals surface area contributed by atoms with Gasteiger partial charge in [0.05, 0.1) is 31.4 Å². The summed E-state index contributed by atoms with van der Waals surface area (Å²) < 4.78 is 65.2. The minimum atomic E-state index is -4.10. The zero-order valence-electron chi connectivity index (χ0n) is 15.1. The molecule has 156 valence electrons. The van der Waals surface area contributed by atoms with Crippen molar-refractivity contribution >= 4 is 39.8 Å². The van der Waals surface area contributed by atoms with Gasteiger partial charge >= 0.3 is 6.18 Å². The van der Waals surface area contributed by atoms with Crippen molar-refractivity contribution in [2.75, 3.05) is 38.3 Å². The Hall–Kier alpha value is -0.300. The monoisotopic (exact) mass is 515 g/mol. The molecule has 0 amide bonds. The smallest absolute Gasteiger partial charge is 0.378 e. The van der Waals surface area contributed by atoms with E-state index in [1.807, 2.05) is 6.92 Å². The number of hydrogen-bond acceptors (Lipinski definition) is 4. The van der Waals surface area contributed by atoms with E-state index in [0.717, 1.165) is 6.26 Å². The van der Waals surface area contributed by atoms with Gasteiger partial charge in [-0.3, -0.25) is 4.99 Å². The fourth-order valence-electron chi connectivity index (χ4n) is 2.61. The first kappa shape index (κ1) is 25.7. The Bertz CT molecular complexity index is 522. The van der Waals surface area contributed by atoms with E-state index >= 15 is 0 Å². The number of halogens is 4. The summed E-state index contributed by atoms with van der Waals surface area (Å²) in [5.41, 5.74) is 0. The summed E-state index contributed by atoms with van der Waals surface area (Å²) in [7, 11) is -3.04. The quantitative estimate of drug-likeness (QED) is 0.225. The third-order valence-corrected chi connectivity index (χ3v) is 4.89. The third-order valence-electron chi connectivity index (χ3n) is 3.98. The van der Waals surface area contributed by atoms with Crippen molar-refractivity contribution in [3.05, 3.63) is 0 Å². The van der Waals surface area contributed by atoms with Crippen LogP contribution in [0, 0.1) is 5.92 Å². The van der Waals surface area contributed by atoms with Crippen LogP contribution in [0.2, 0.25) is 0 Å². The van der Waals surface area contributed by atoms with Crippen molar-refractivity contribution in [2.45, 2.75) is 44.8 Å². The molecule has 0 aromatic rings. The fraction of sp³-hybridized carbons (Fsp3) is 0.933. The first-order valence-corrected chi connectivity index (χ1v) is 10.5. The first-order valence-electron chi connectivity index (χ1n) is 8.49. The second-order valence-corrected chi connectivity index (χ2v) is 8.50. The van der Waals surface area contributed by atoms with Gasteiger partial charge in [-0.05, 0) is 32.6 Å². The molecule has 26 heavy (non-hydrogen) atoms. The number of ether oxygens (including phenoxy) is 1. The Kier molecular flexibility index (Phi) is 12.1. The van der Waals surface area contributed by atoms with E-state index in [9.17, 15) is 21.6 Å². The number of alkyl halides is 3. The van der Waals surface area contributed by atoms with Gasteiger partial charge < -0.3 is 15.4 Å². The minimum absolute atomic E-state index is 0. The molecule has 6 nitrogen and oxygen atoms in total. The van der Waals surface area contributed by atoms with Gasteiger partial charge in [-0.2, -0.15) is 13.2 Å². The van der Waals surface area contributed by atoms with Crippen LogP contribution in [0.15, 0.2) is 4.99 Å². The summed E-state index contributed by atoms with van der Waals surface area (Å²) in [6.07, 6.45) is -1.77. The molecular formula is C15H29F3IN3O3S. The minimum Gasteiger partial charge on any atom is -0.378 e. The van der Waals surface area contributed by atoms with Crippen LogP contribution in [0.1, 0.15) is 32.6 Å². The van der Waals surface area contributed by atoms with Crippen LogP contribution in [-0.4, -0.2) is 64.9 Å². The number of nitrogens with zero attached hydrogens (tertiary/aromatic N) is 1. The summed E-state index contributed by atoms with van der Waals surface area (Å²) in [5, 5.41) is 6.22. The number of guanidine groups is 1. The number of aliphatic imine (C=N–C) groups is 1. The number of hydrogen-bond donors (Lipinski definition) is 2. The zero-order chi connectivity index (χ0) is 18.9. The molecule has 0 heterocycles. The van der Waals surface area contributed by atoms with E-state index < -0.39 is 21.9 Å². The maximum Gasteiger partial charge on any atom is 0.391 e. The molecule has 0 bridgehead atoms. The van der Waals surface area contributed by atoms with Gasteiger partial charge in [0, 0.05) is 18.8 Å². The topological polar surface area (TPSA) is 79.8 Å². The maximum atomic E-state index is 12.7. The molecule has 0 atom stereocenters. The van der Waals surface area contributed by atoms with Gasteiger partial charge in [0.1, 0.15) is 9.84 Å². The molecule has 2 N–H and O–H groups in total. The highest BCUT2D eigenvalue weighted by Gasteiger charge is 2.41. The Morgan fingerprint density at radius 2 is 1.81 bits per heavy atom. The van der Waals surface area contributed by atoms with Crippen LogP contribution in [0.5, 0.6) is 0 Å². The van der Waals surface area contributed by atoms with Crippen molar-refractivity contribution in [1.82, 2.24) is 10.6 Å². The second kappa shape index (κ2) is 12.2. The standard InChI is InChI=1S/C15H28F3N3O3S.HI/c1-3-19-14(20-8-9-24-10-11-25(2,22)23)21-13-6-4-12(5-7-13)15(16,17)18;/h12-13H,3-11H2,1-2H3,(H2,19,20,21);1H. The number of rotatable bonds is 8. The zero-order valence-corrected chi connectivity index (χ0v) is 18.3. The predicted molar refractivity (Wildman–Crippen MR) is 107 cm³/mol. The lowest BCUT2D eigenvalue weighted by molar-refractivity contribution is -0.182. The fourth-order valence-corrected chi connectivity index (χ4v) is 3.03. The summed E-state index contributed by atoms with van der Waals surface area (Å²) in [6, 6.07) is -0.0254. The van der Waals surface area contributed by atoms with E-state index in [4.69, 9.17) is 4.74 Å². The Balaban J connectivity index is 0.00000625. The van der Waals surface area contributed by atoms with Crippen LogP contribution in [0.25, 0.3) is 0 Å². The highest BCUT2D eigenvalue weighted by molar-refractivity contribution is 14.0. The molecule has 1 rings (SSSR count). The van der Waals surface area contributed by atoms with E-state index in [1.54, 1.807) is 0 Å². The summed E-state index contributed by atoms with van der Waals surface area (Å²) in [5.74, 6) is -0.685. The number of sulfone groups is 1. The Labute approximate surface area is 170 Å². The van der Waals surface area contributed by atoms with Crippen molar-refractivity contribution in [3.8, 4) is 0 Å². The molecule has 1 aliphatic rings. The molecule has 0 saturated heterocycles. The van der Waals surface area contributed by atoms with Gasteiger partial charge in [0.15, 0.2) is 5.96 Å². The average molecular weight is 515 g/mol. The van der Waals surface area contributed by atoms with Crippen molar-refractivity contribution in [2.24, 2.45) is 10.9 Å². The van der Waals surface area contributed by atoms with Crippen LogP contribution in [0.3, 0.4) is 0 Å². The van der Waals surface area contributed by atoms with Crippen molar-refractivity contribution in [3.63, 3.8) is 0 Å². The Morgan fingerprint density at radius 1 is 1.19 bits per heavy atom. The lowest BCUT2D eigenvalue weighted by Gasteiger charge is -2.31. The lowest BCUT2D eigenvalue weighted by atomic mass is 9.85. The summed E-state index contributed by atoms with van der Waals surface area (Å²) in [4.78, 5) is 4.31. The van der Waals surface area contributed by atoms with Gasteiger partial charge in [-0.1, -0.05) is 0 Å². The SMILES string of the molecule is CCNC(=NCCOCCS(C)(=O)=O)NC1CCC(C(F)(F)F)CC1.I. The molecule has 1 fully saturated rings. The predicted octanol–water partition coefficient (Wildman–Crippen LogP) is 2.34. The van der Waals surface area contributed by atoms with Crippen LogP contribution >= 0.6 is 24.0 Å². The molecule has 1 aliphatic carbocycles. The largest absolute Gasteiger partial charge is 0.391 e. The van der Waals surface area contributed by atoms with Crippen LogP contribution in [0.4, 0.5) is 13.2 Å². The average Bonchev–Trinajstić information content (AvgIpc) is 2.49. The van der Waals surface area contributed by atoms with E-state index in [2.05, 4.69) is 15.6 Å². The van der Waals surface area contributed by atoms with Gasteiger partial charge in [-0.25, -0.2) is 8.42 Å². The molecule has 11 heteroatoms. The molecule has 0 aliphatic heterocycles. The molecule has 0 aromatic heterocycles. The third kappa shape index (κ3) is 11.4.